The number of H-pyrrole nitrogens is 1. The van der Waals surface area contributed by atoms with Crippen LogP contribution < -0.4 is 10.4 Å². The number of hydrogen-bond acceptors (Lipinski definition) is 3. The third-order valence-electron chi connectivity index (χ3n) is 4.62. The Hall–Kier alpha value is -2.68. The van der Waals surface area contributed by atoms with Crippen molar-refractivity contribution in [2.75, 3.05) is 5.09 Å². The summed E-state index contributed by atoms with van der Waals surface area (Å²) in [7, 11) is 0.518. The van der Waals surface area contributed by atoms with Crippen LogP contribution >= 0.6 is 20.1 Å². The van der Waals surface area contributed by atoms with E-state index in [1.165, 1.54) is 26.6 Å². The summed E-state index contributed by atoms with van der Waals surface area (Å²) in [5.74, 6) is 0. The van der Waals surface area contributed by atoms with Crippen molar-refractivity contribution in [3.63, 3.8) is 0 Å². The van der Waals surface area contributed by atoms with Crippen LogP contribution in [0.4, 0.5) is 5.69 Å². The van der Waals surface area contributed by atoms with Crippen LogP contribution in [0.2, 0.25) is 0 Å². The molecule has 1 atom stereocenters. The van der Waals surface area contributed by atoms with E-state index in [1.54, 1.807) is 11.3 Å². The summed E-state index contributed by atoms with van der Waals surface area (Å²) in [6.07, 6.45) is 0. The van der Waals surface area contributed by atoms with E-state index in [1.807, 2.05) is 12.1 Å². The van der Waals surface area contributed by atoms with Gasteiger partial charge in [0.1, 0.15) is 5.01 Å². The van der Waals surface area contributed by atoms with E-state index in [0.717, 1.165) is 21.7 Å². The summed E-state index contributed by atoms with van der Waals surface area (Å²) >= 11 is 1.76. The number of aromatic nitrogens is 2. The number of aryl methyl sites for hydroxylation is 1. The monoisotopic (exact) mass is 387 g/mol. The maximum Gasteiger partial charge on any atom is 0.127 e. The van der Waals surface area contributed by atoms with Gasteiger partial charge in [-0.1, -0.05) is 36.4 Å². The average molecular weight is 387 g/mol. The fraction of sp³-hybridized carbons (Fsp3) is 0.0455. The maximum atomic E-state index is 4.87. The number of aromatic amines is 1. The molecule has 2 heterocycles. The first-order valence-corrected chi connectivity index (χ1v) is 10.6. The molecule has 5 aromatic rings. The van der Waals surface area contributed by atoms with Crippen LogP contribution in [0.15, 0.2) is 72.8 Å². The van der Waals surface area contributed by atoms with Gasteiger partial charge in [-0.15, -0.1) is 11.3 Å². The first-order valence-electron chi connectivity index (χ1n) is 8.83. The molecule has 5 rings (SSSR count). The lowest BCUT2D eigenvalue weighted by Crippen LogP contribution is -1.98. The van der Waals surface area contributed by atoms with Gasteiger partial charge in [0.2, 0.25) is 0 Å². The lowest BCUT2D eigenvalue weighted by molar-refractivity contribution is 1.29. The third kappa shape index (κ3) is 3.12. The molecule has 0 aliphatic heterocycles. The Morgan fingerprint density at radius 2 is 1.78 bits per heavy atom. The second-order valence-corrected chi connectivity index (χ2v) is 8.60. The molecular formula is C22H18N3PS. The summed E-state index contributed by atoms with van der Waals surface area (Å²) < 4.78 is 1.23. The van der Waals surface area contributed by atoms with Crippen LogP contribution in [0.1, 0.15) is 5.69 Å². The van der Waals surface area contributed by atoms with Gasteiger partial charge in [-0.05, 0) is 48.6 Å². The van der Waals surface area contributed by atoms with Crippen molar-refractivity contribution in [2.24, 2.45) is 0 Å². The maximum absolute atomic E-state index is 4.87. The first kappa shape index (κ1) is 16.5. The smallest absolute Gasteiger partial charge is 0.127 e. The Kier molecular flexibility index (Phi) is 4.16. The Morgan fingerprint density at radius 1 is 0.963 bits per heavy atom. The van der Waals surface area contributed by atoms with Gasteiger partial charge in [-0.25, -0.2) is 4.98 Å². The fourth-order valence-corrected chi connectivity index (χ4v) is 5.25. The van der Waals surface area contributed by atoms with Crippen LogP contribution in [0.3, 0.4) is 0 Å². The number of fused-ring (bicyclic) bond motifs is 2. The van der Waals surface area contributed by atoms with E-state index in [9.17, 15) is 0 Å². The first-order chi connectivity index (χ1) is 13.3. The van der Waals surface area contributed by atoms with Gasteiger partial charge in [0.15, 0.2) is 0 Å². The molecule has 132 valence electrons. The molecule has 3 nitrogen and oxygen atoms in total. The van der Waals surface area contributed by atoms with E-state index in [2.05, 4.69) is 77.7 Å². The molecule has 0 bridgehead atoms. The SMILES string of the molecule is Cc1[nH]c2ccc(PNc3ccccc3)cc2c1-c1nc2ccccc2s1. The molecule has 0 amide bonds. The number of rotatable bonds is 4. The number of thiazole rings is 1. The molecule has 5 heteroatoms. The number of nitrogens with zero attached hydrogens (tertiary/aromatic N) is 1. The van der Waals surface area contributed by atoms with E-state index >= 15 is 0 Å². The standard InChI is InChI=1S/C22H18N3PS/c1-14-21(22-24-19-9-5-6-10-20(19)27-22)17-13-16(11-12-18(17)23-14)26-25-15-7-3-2-4-8-15/h2-13,23,25-26H,1H3. The van der Waals surface area contributed by atoms with Gasteiger partial charge in [0.25, 0.3) is 0 Å². The van der Waals surface area contributed by atoms with Gasteiger partial charge in [0, 0.05) is 36.6 Å². The summed E-state index contributed by atoms with van der Waals surface area (Å²) in [6, 6.07) is 25.3. The second-order valence-electron chi connectivity index (χ2n) is 6.49. The van der Waals surface area contributed by atoms with Gasteiger partial charge in [-0.3, -0.25) is 0 Å². The molecule has 0 spiro atoms. The average Bonchev–Trinajstić information content (AvgIpc) is 3.26. The molecule has 0 aliphatic rings. The number of nitrogens with one attached hydrogen (secondary N) is 2. The minimum Gasteiger partial charge on any atom is -0.363 e. The zero-order chi connectivity index (χ0) is 18.2. The molecule has 2 N–H and O–H groups in total. The van der Waals surface area contributed by atoms with Crippen LogP contribution in [-0.4, -0.2) is 9.97 Å². The highest BCUT2D eigenvalue weighted by Crippen LogP contribution is 2.37. The van der Waals surface area contributed by atoms with E-state index in [-0.39, 0.29) is 0 Å². The Bertz CT molecular complexity index is 1210. The molecule has 0 saturated heterocycles. The predicted molar refractivity (Wildman–Crippen MR) is 120 cm³/mol. The Balaban J connectivity index is 1.55. The third-order valence-corrected chi connectivity index (χ3v) is 6.69. The zero-order valence-corrected chi connectivity index (χ0v) is 16.6. The highest BCUT2D eigenvalue weighted by Gasteiger charge is 2.15. The quantitative estimate of drug-likeness (QED) is 0.367. The summed E-state index contributed by atoms with van der Waals surface area (Å²) in [5.41, 5.74) is 5.76. The van der Waals surface area contributed by atoms with Crippen molar-refractivity contribution in [3.8, 4) is 10.6 Å². The highest BCUT2D eigenvalue weighted by atomic mass is 32.1. The van der Waals surface area contributed by atoms with Crippen molar-refractivity contribution in [2.45, 2.75) is 6.92 Å². The lowest BCUT2D eigenvalue weighted by atomic mass is 10.1. The lowest BCUT2D eigenvalue weighted by Gasteiger charge is -2.06. The highest BCUT2D eigenvalue weighted by molar-refractivity contribution is 7.48. The number of benzene rings is 3. The largest absolute Gasteiger partial charge is 0.363 e. The Morgan fingerprint density at radius 3 is 2.63 bits per heavy atom. The number of anilines is 1. The van der Waals surface area contributed by atoms with Crippen molar-refractivity contribution in [1.82, 2.24) is 9.97 Å². The summed E-state index contributed by atoms with van der Waals surface area (Å²) in [4.78, 5) is 8.39. The second kappa shape index (κ2) is 6.80. The van der Waals surface area contributed by atoms with Gasteiger partial charge < -0.3 is 10.1 Å². The molecule has 0 radical (unpaired) electrons. The van der Waals surface area contributed by atoms with Crippen molar-refractivity contribution >= 4 is 52.2 Å². The minimum absolute atomic E-state index is 0.518. The minimum atomic E-state index is 0.518. The number of para-hydroxylation sites is 2. The van der Waals surface area contributed by atoms with E-state index in [0.29, 0.717) is 8.73 Å². The summed E-state index contributed by atoms with van der Waals surface area (Å²) in [6.45, 7) is 2.13. The van der Waals surface area contributed by atoms with E-state index in [4.69, 9.17) is 4.98 Å². The number of hydrogen-bond donors (Lipinski definition) is 2. The molecule has 3 aromatic carbocycles. The van der Waals surface area contributed by atoms with Crippen LogP contribution in [-0.2, 0) is 0 Å². The zero-order valence-electron chi connectivity index (χ0n) is 14.8. The van der Waals surface area contributed by atoms with Crippen LogP contribution in [0, 0.1) is 6.92 Å². The summed E-state index contributed by atoms with van der Waals surface area (Å²) in [5, 5.41) is 7.12. The molecular weight excluding hydrogens is 369 g/mol. The molecule has 1 unspecified atom stereocenters. The van der Waals surface area contributed by atoms with Crippen LogP contribution in [0.5, 0.6) is 0 Å². The topological polar surface area (TPSA) is 40.7 Å². The Labute approximate surface area is 163 Å². The van der Waals surface area contributed by atoms with Crippen LogP contribution in [0.25, 0.3) is 31.7 Å². The normalized spacial score (nSPS) is 11.7. The predicted octanol–water partition coefficient (Wildman–Crippen LogP) is 6.08. The van der Waals surface area contributed by atoms with Crippen molar-refractivity contribution in [1.29, 1.82) is 0 Å². The van der Waals surface area contributed by atoms with Gasteiger partial charge >= 0.3 is 0 Å². The van der Waals surface area contributed by atoms with Gasteiger partial charge in [0.05, 0.1) is 10.2 Å². The fourth-order valence-electron chi connectivity index (χ4n) is 3.32. The van der Waals surface area contributed by atoms with Crippen molar-refractivity contribution < 1.29 is 0 Å². The molecule has 0 aliphatic carbocycles. The molecule has 0 fully saturated rings. The molecule has 27 heavy (non-hydrogen) atoms. The molecule has 0 saturated carbocycles. The van der Waals surface area contributed by atoms with Gasteiger partial charge in [-0.2, -0.15) is 0 Å². The van der Waals surface area contributed by atoms with E-state index < -0.39 is 0 Å². The van der Waals surface area contributed by atoms with Crippen molar-refractivity contribution in [3.05, 3.63) is 78.5 Å². The molecule has 2 aromatic heterocycles.